The van der Waals surface area contributed by atoms with Crippen LogP contribution in [0, 0.1) is 0 Å². The zero-order chi connectivity index (χ0) is 19.8. The fourth-order valence-corrected chi connectivity index (χ4v) is 3.90. The summed E-state index contributed by atoms with van der Waals surface area (Å²) >= 11 is 0. The van der Waals surface area contributed by atoms with Crippen molar-refractivity contribution in [1.29, 1.82) is 0 Å². The van der Waals surface area contributed by atoms with Gasteiger partial charge >= 0.3 is 0 Å². The normalized spacial score (nSPS) is 17.4. The summed E-state index contributed by atoms with van der Waals surface area (Å²) in [5.41, 5.74) is 5.00. The molecule has 142 valence electrons. The van der Waals surface area contributed by atoms with Crippen LogP contribution in [0.1, 0.15) is 27.0 Å². The van der Waals surface area contributed by atoms with Gasteiger partial charge in [0.1, 0.15) is 0 Å². The molecular formula is C23H18N4O2. The van der Waals surface area contributed by atoms with E-state index in [1.54, 1.807) is 29.4 Å². The minimum Gasteiger partial charge on any atom is -0.322 e. The van der Waals surface area contributed by atoms with Crippen LogP contribution in [0.5, 0.6) is 0 Å². The number of aliphatic imine (C=N–C) groups is 1. The molecule has 2 aromatic carbocycles. The first-order valence-electron chi connectivity index (χ1n) is 9.50. The Morgan fingerprint density at radius 3 is 2.59 bits per heavy atom. The summed E-state index contributed by atoms with van der Waals surface area (Å²) in [6.07, 6.45) is 2.89. The molecule has 1 atom stereocenters. The number of pyridine rings is 1. The predicted octanol–water partition coefficient (Wildman–Crippen LogP) is 2.58. The van der Waals surface area contributed by atoms with Crippen molar-refractivity contribution in [2.24, 2.45) is 4.99 Å². The molecule has 3 heterocycles. The van der Waals surface area contributed by atoms with Crippen LogP contribution in [0.25, 0.3) is 0 Å². The number of hydrogen-bond donors (Lipinski definition) is 1. The fourth-order valence-electron chi connectivity index (χ4n) is 3.90. The molecule has 0 fully saturated rings. The molecule has 1 aromatic heterocycles. The van der Waals surface area contributed by atoms with Gasteiger partial charge < -0.3 is 10.2 Å². The van der Waals surface area contributed by atoms with Gasteiger partial charge in [0, 0.05) is 35.6 Å². The monoisotopic (exact) mass is 382 g/mol. The largest absolute Gasteiger partial charge is 0.322 e. The van der Waals surface area contributed by atoms with Crippen LogP contribution >= 0.6 is 0 Å². The zero-order valence-corrected chi connectivity index (χ0v) is 15.6. The number of nitrogens with one attached hydrogen (secondary N) is 1. The molecule has 0 radical (unpaired) electrons. The summed E-state index contributed by atoms with van der Waals surface area (Å²) in [5, 5.41) is 2.80. The second-order valence-electron chi connectivity index (χ2n) is 7.01. The van der Waals surface area contributed by atoms with Crippen LogP contribution in [0.15, 0.2) is 78.0 Å². The molecule has 5 rings (SSSR count). The third-order valence-electron chi connectivity index (χ3n) is 5.27. The van der Waals surface area contributed by atoms with E-state index in [2.05, 4.69) is 10.3 Å². The highest BCUT2D eigenvalue weighted by Crippen LogP contribution is 2.36. The topological polar surface area (TPSA) is 74.7 Å². The Hall–Kier alpha value is -3.80. The van der Waals surface area contributed by atoms with Crippen LogP contribution in [0.4, 0.5) is 5.69 Å². The van der Waals surface area contributed by atoms with E-state index >= 15 is 0 Å². The number of anilines is 1. The molecule has 1 N–H and O–H groups in total. The van der Waals surface area contributed by atoms with Crippen LogP contribution in [0.2, 0.25) is 0 Å². The summed E-state index contributed by atoms with van der Waals surface area (Å²) in [5.74, 6) is -0.572. The van der Waals surface area contributed by atoms with E-state index in [0.29, 0.717) is 17.8 Å². The number of aromatic nitrogens is 1. The smallest absolute Gasteiger partial charge is 0.272 e. The van der Waals surface area contributed by atoms with Gasteiger partial charge in [0.2, 0.25) is 6.17 Å². The summed E-state index contributed by atoms with van der Waals surface area (Å²) in [4.78, 5) is 36.4. The van der Waals surface area contributed by atoms with E-state index in [0.717, 1.165) is 28.8 Å². The Bertz CT molecular complexity index is 1130. The number of nitrogens with zero attached hydrogens (tertiary/aromatic N) is 3. The molecule has 2 amide bonds. The lowest BCUT2D eigenvalue weighted by atomic mass is 9.98. The molecule has 0 bridgehead atoms. The molecule has 2 aliphatic heterocycles. The van der Waals surface area contributed by atoms with Crippen LogP contribution in [0.3, 0.4) is 0 Å². The molecule has 6 heteroatoms. The van der Waals surface area contributed by atoms with E-state index in [-0.39, 0.29) is 11.8 Å². The van der Waals surface area contributed by atoms with Gasteiger partial charge in [0.15, 0.2) is 0 Å². The SMILES string of the molecule is O=C(NC1N=C(c2ccccc2)c2cccc3c2N(CC3)C1=O)c1ccncc1. The number of amides is 2. The summed E-state index contributed by atoms with van der Waals surface area (Å²) in [7, 11) is 0. The molecule has 29 heavy (non-hydrogen) atoms. The highest BCUT2D eigenvalue weighted by Gasteiger charge is 2.37. The van der Waals surface area contributed by atoms with Gasteiger partial charge in [-0.15, -0.1) is 0 Å². The molecule has 2 aliphatic rings. The van der Waals surface area contributed by atoms with Crippen LogP contribution in [-0.2, 0) is 11.2 Å². The van der Waals surface area contributed by atoms with E-state index < -0.39 is 6.17 Å². The maximum absolute atomic E-state index is 13.3. The average molecular weight is 382 g/mol. The number of rotatable bonds is 3. The lowest BCUT2D eigenvalue weighted by molar-refractivity contribution is -0.120. The van der Waals surface area contributed by atoms with Gasteiger partial charge in [0.25, 0.3) is 11.8 Å². The second-order valence-corrected chi connectivity index (χ2v) is 7.01. The van der Waals surface area contributed by atoms with Crippen molar-refractivity contribution in [3.63, 3.8) is 0 Å². The fraction of sp³-hybridized carbons (Fsp3) is 0.130. The Morgan fingerprint density at radius 2 is 1.79 bits per heavy atom. The van der Waals surface area contributed by atoms with Crippen molar-refractivity contribution < 1.29 is 9.59 Å². The number of hydrogen-bond acceptors (Lipinski definition) is 4. The highest BCUT2D eigenvalue weighted by atomic mass is 16.2. The van der Waals surface area contributed by atoms with Gasteiger partial charge in [0.05, 0.1) is 11.4 Å². The first-order chi connectivity index (χ1) is 14.2. The lowest BCUT2D eigenvalue weighted by Gasteiger charge is -2.21. The minimum absolute atomic E-state index is 0.218. The van der Waals surface area contributed by atoms with Gasteiger partial charge in [-0.1, -0.05) is 48.5 Å². The van der Waals surface area contributed by atoms with E-state index in [1.165, 1.54) is 0 Å². The van der Waals surface area contributed by atoms with Gasteiger partial charge in [-0.05, 0) is 24.1 Å². The summed E-state index contributed by atoms with van der Waals surface area (Å²) in [6, 6.07) is 19.0. The number of benzene rings is 2. The molecule has 1 unspecified atom stereocenters. The maximum Gasteiger partial charge on any atom is 0.272 e. The van der Waals surface area contributed by atoms with E-state index in [4.69, 9.17) is 4.99 Å². The Labute approximate surface area is 167 Å². The molecule has 0 spiro atoms. The van der Waals surface area contributed by atoms with E-state index in [9.17, 15) is 9.59 Å². The first kappa shape index (κ1) is 17.3. The third-order valence-corrected chi connectivity index (χ3v) is 5.27. The minimum atomic E-state index is -0.996. The van der Waals surface area contributed by atoms with Gasteiger partial charge in [-0.2, -0.15) is 0 Å². The summed E-state index contributed by atoms with van der Waals surface area (Å²) < 4.78 is 0. The van der Waals surface area contributed by atoms with Gasteiger partial charge in [-0.25, -0.2) is 4.99 Å². The molecule has 0 aliphatic carbocycles. The van der Waals surface area contributed by atoms with Crippen molar-refractivity contribution >= 4 is 23.2 Å². The van der Waals surface area contributed by atoms with Crippen molar-refractivity contribution in [3.8, 4) is 0 Å². The number of carbonyl (C=O) groups is 2. The standard InChI is InChI=1S/C23H18N4O2/c28-22(17-9-12-24-13-10-17)26-21-23(29)27-14-11-16-7-4-8-18(20(16)27)19(25-21)15-5-2-1-3-6-15/h1-10,12-13,21H,11,14H2,(H,26,28). The quantitative estimate of drug-likeness (QED) is 0.757. The van der Waals surface area contributed by atoms with Crippen molar-refractivity contribution in [1.82, 2.24) is 10.3 Å². The molecular weight excluding hydrogens is 364 g/mol. The third kappa shape index (κ3) is 2.99. The van der Waals surface area contributed by atoms with Crippen LogP contribution in [-0.4, -0.2) is 35.2 Å². The van der Waals surface area contributed by atoms with Crippen molar-refractivity contribution in [2.45, 2.75) is 12.6 Å². The van der Waals surface area contributed by atoms with Crippen molar-refractivity contribution in [3.05, 3.63) is 95.3 Å². The zero-order valence-electron chi connectivity index (χ0n) is 15.6. The van der Waals surface area contributed by atoms with E-state index in [1.807, 2.05) is 48.5 Å². The first-order valence-corrected chi connectivity index (χ1v) is 9.50. The summed E-state index contributed by atoms with van der Waals surface area (Å²) in [6.45, 7) is 0.588. The Balaban J connectivity index is 1.62. The average Bonchev–Trinajstić information content (AvgIpc) is 3.17. The molecule has 0 saturated carbocycles. The Kier molecular flexibility index (Phi) is 4.17. The highest BCUT2D eigenvalue weighted by molar-refractivity contribution is 6.21. The van der Waals surface area contributed by atoms with Crippen LogP contribution < -0.4 is 10.2 Å². The molecule has 0 saturated heterocycles. The predicted molar refractivity (Wildman–Crippen MR) is 110 cm³/mol. The Morgan fingerprint density at radius 1 is 1.00 bits per heavy atom. The number of carbonyl (C=O) groups excluding carboxylic acids is 2. The van der Waals surface area contributed by atoms with Crippen molar-refractivity contribution in [2.75, 3.05) is 11.4 Å². The molecule has 6 nitrogen and oxygen atoms in total. The molecule has 3 aromatic rings. The lowest BCUT2D eigenvalue weighted by Crippen LogP contribution is -2.46. The number of para-hydroxylation sites is 1. The maximum atomic E-state index is 13.3. The second kappa shape index (κ2) is 6.98. The van der Waals surface area contributed by atoms with Gasteiger partial charge in [-0.3, -0.25) is 14.6 Å².